The van der Waals surface area contributed by atoms with E-state index in [0.29, 0.717) is 16.9 Å². The molecule has 9 nitrogen and oxygen atoms in total. The van der Waals surface area contributed by atoms with Crippen LogP contribution in [0.5, 0.6) is 5.75 Å². The van der Waals surface area contributed by atoms with E-state index in [1.807, 2.05) is 0 Å². The normalized spacial score (nSPS) is 21.1. The number of fused-ring (bicyclic) bond motifs is 1. The molecule has 1 aromatic carbocycles. The second-order valence-corrected chi connectivity index (χ2v) is 7.00. The number of carboxylic acids is 1. The van der Waals surface area contributed by atoms with E-state index in [4.69, 9.17) is 5.73 Å². The van der Waals surface area contributed by atoms with Crippen molar-refractivity contribution in [1.82, 2.24) is 10.2 Å². The van der Waals surface area contributed by atoms with Crippen molar-refractivity contribution in [3.8, 4) is 5.75 Å². The van der Waals surface area contributed by atoms with Gasteiger partial charge >= 0.3 is 57.4 Å². The van der Waals surface area contributed by atoms with Crippen LogP contribution in [0, 0.1) is 0 Å². The number of halogens is 1. The fourth-order valence-corrected chi connectivity index (χ4v) is 4.14. The summed E-state index contributed by atoms with van der Waals surface area (Å²) in [5.74, 6) is -1.61. The van der Waals surface area contributed by atoms with Gasteiger partial charge in [0.05, 0.1) is 0 Å². The zero-order valence-corrected chi connectivity index (χ0v) is 19.9. The van der Waals surface area contributed by atoms with Crippen LogP contribution in [0.2, 0.25) is 0 Å². The third-order valence-corrected chi connectivity index (χ3v) is 5.62. The molecule has 148 valence electrons. The number of benzene rings is 1. The molecule has 0 bridgehead atoms. The molecule has 0 unspecified atom stereocenters. The average molecular weight is 456 g/mol. The third-order valence-electron chi connectivity index (χ3n) is 4.19. The molecule has 28 heavy (non-hydrogen) atoms. The van der Waals surface area contributed by atoms with Gasteiger partial charge in [0, 0.05) is 5.75 Å². The maximum Gasteiger partial charge on any atom is 1.00 e. The molecule has 1 aromatic rings. The van der Waals surface area contributed by atoms with E-state index in [2.05, 4.69) is 5.32 Å². The molecular formula is C16H19ClKN3O6S. The van der Waals surface area contributed by atoms with Crippen LogP contribution in [-0.4, -0.2) is 55.5 Å². The molecule has 3 atom stereocenters. The van der Waals surface area contributed by atoms with Crippen molar-refractivity contribution in [3.63, 3.8) is 0 Å². The zero-order valence-electron chi connectivity index (χ0n) is 15.2. The topological polar surface area (TPSA) is 164 Å². The number of amides is 2. The number of carbonyl (C=O) groups is 3. The smallest absolute Gasteiger partial charge is 1.00 e. The van der Waals surface area contributed by atoms with E-state index in [0.717, 1.165) is 0 Å². The largest absolute Gasteiger partial charge is 1.00 e. The van der Waals surface area contributed by atoms with Gasteiger partial charge in [0.1, 0.15) is 28.9 Å². The Morgan fingerprint density at radius 2 is 1.89 bits per heavy atom. The molecule has 0 saturated carbocycles. The van der Waals surface area contributed by atoms with Crippen molar-refractivity contribution in [2.24, 2.45) is 5.73 Å². The van der Waals surface area contributed by atoms with Gasteiger partial charge in [-0.15, -0.1) is 11.8 Å². The molecular weight excluding hydrogens is 437 g/mol. The first-order chi connectivity index (χ1) is 11.8. The minimum absolute atomic E-state index is 0. The molecule has 2 aliphatic rings. The van der Waals surface area contributed by atoms with Gasteiger partial charge in [-0.05, 0) is 30.2 Å². The number of β-lactam (4-membered cyclic amide) rings is 1. The van der Waals surface area contributed by atoms with E-state index in [1.54, 1.807) is 6.92 Å². The van der Waals surface area contributed by atoms with Crippen molar-refractivity contribution < 1.29 is 93.9 Å². The van der Waals surface area contributed by atoms with Crippen LogP contribution >= 0.6 is 11.8 Å². The maximum atomic E-state index is 12.3. The SMILES string of the molecule is CC1=C(C(=O)O)N2C(=O)[C@@H](NC(=O)[C@H](N)c3ccc(O)cc3)[C@H]2SC1.O.[Cl-].[K+]. The minimum Gasteiger partial charge on any atom is -1.00 e. The standard InChI is InChI=1S/C16H17N3O5S.ClH.K.H2O/c1-7-6-25-15-11(14(22)19(15)12(7)16(23)24)18-13(21)10(17)8-2-4-9(20)5-3-8;;;/h2-5,10-11,15,20H,6,17H2,1H3,(H,18,21)(H,23,24);1H;;1H2/q;;+1;/p-1/t10-,11-,15-;;;/m1.../s1. The van der Waals surface area contributed by atoms with Crippen molar-refractivity contribution in [2.45, 2.75) is 24.4 Å². The molecule has 0 radical (unpaired) electrons. The summed E-state index contributed by atoms with van der Waals surface area (Å²) in [6.45, 7) is 1.67. The predicted octanol–water partition coefficient (Wildman–Crippen LogP) is -6.67. The van der Waals surface area contributed by atoms with E-state index in [-0.39, 0.29) is 80.7 Å². The van der Waals surface area contributed by atoms with Gasteiger partial charge in [0.25, 0.3) is 5.91 Å². The van der Waals surface area contributed by atoms with Gasteiger partial charge in [-0.2, -0.15) is 0 Å². The molecule has 2 heterocycles. The summed E-state index contributed by atoms with van der Waals surface area (Å²) in [4.78, 5) is 37.2. The van der Waals surface area contributed by atoms with Gasteiger partial charge in [0.2, 0.25) is 5.91 Å². The Morgan fingerprint density at radius 1 is 1.32 bits per heavy atom. The van der Waals surface area contributed by atoms with Crippen molar-refractivity contribution in [3.05, 3.63) is 41.1 Å². The van der Waals surface area contributed by atoms with Crippen molar-refractivity contribution in [2.75, 3.05) is 5.75 Å². The second-order valence-electron chi connectivity index (χ2n) is 5.90. The summed E-state index contributed by atoms with van der Waals surface area (Å²) < 4.78 is 0. The molecule has 0 aromatic heterocycles. The van der Waals surface area contributed by atoms with Crippen LogP contribution in [0.3, 0.4) is 0 Å². The first kappa shape index (κ1) is 27.4. The van der Waals surface area contributed by atoms with Crippen LogP contribution in [0.15, 0.2) is 35.5 Å². The molecule has 2 aliphatic heterocycles. The molecule has 1 fully saturated rings. The number of phenols is 1. The molecule has 0 spiro atoms. The van der Waals surface area contributed by atoms with Crippen molar-refractivity contribution in [1.29, 1.82) is 0 Å². The molecule has 1 saturated heterocycles. The Bertz CT molecular complexity index is 791. The maximum absolute atomic E-state index is 12.3. The fraction of sp³-hybridized carbons (Fsp3) is 0.312. The van der Waals surface area contributed by atoms with Gasteiger partial charge in [-0.1, -0.05) is 12.1 Å². The molecule has 12 heteroatoms. The van der Waals surface area contributed by atoms with Crippen LogP contribution in [0.1, 0.15) is 18.5 Å². The third kappa shape index (κ3) is 5.10. The number of rotatable bonds is 4. The molecule has 0 aliphatic carbocycles. The zero-order chi connectivity index (χ0) is 18.3. The number of aromatic hydroxyl groups is 1. The van der Waals surface area contributed by atoms with Crippen LogP contribution in [-0.2, 0) is 14.4 Å². The predicted molar refractivity (Wildman–Crippen MR) is 94.0 cm³/mol. The van der Waals surface area contributed by atoms with Gasteiger partial charge in [-0.3, -0.25) is 14.5 Å². The molecule has 2 amide bonds. The summed E-state index contributed by atoms with van der Waals surface area (Å²) in [5, 5.41) is 20.7. The van der Waals surface area contributed by atoms with Gasteiger partial charge in [-0.25, -0.2) is 4.79 Å². The average Bonchev–Trinajstić information content (AvgIpc) is 2.58. The summed E-state index contributed by atoms with van der Waals surface area (Å²) in [7, 11) is 0. The van der Waals surface area contributed by atoms with E-state index >= 15 is 0 Å². The van der Waals surface area contributed by atoms with E-state index in [9.17, 15) is 24.6 Å². The summed E-state index contributed by atoms with van der Waals surface area (Å²) >= 11 is 1.40. The number of phenolic OH excluding ortho intramolecular Hbond substituents is 1. The number of carbonyl (C=O) groups excluding carboxylic acids is 2. The fourth-order valence-electron chi connectivity index (χ4n) is 2.85. The van der Waals surface area contributed by atoms with E-state index in [1.165, 1.54) is 40.9 Å². The first-order valence-electron chi connectivity index (χ1n) is 7.54. The van der Waals surface area contributed by atoms with Gasteiger partial charge < -0.3 is 39.1 Å². The number of hydrogen-bond acceptors (Lipinski definition) is 6. The number of hydrogen-bond donors (Lipinski definition) is 4. The quantitative estimate of drug-likeness (QED) is 0.259. The van der Waals surface area contributed by atoms with E-state index < -0.39 is 35.2 Å². The van der Waals surface area contributed by atoms with Crippen LogP contribution in [0.25, 0.3) is 0 Å². The molecule has 3 rings (SSSR count). The Kier molecular flexibility index (Phi) is 10.7. The number of aliphatic carboxylic acids is 1. The summed E-state index contributed by atoms with van der Waals surface area (Å²) in [6.07, 6.45) is 0. The van der Waals surface area contributed by atoms with Crippen LogP contribution in [0.4, 0.5) is 0 Å². The number of nitrogens with two attached hydrogens (primary N) is 1. The Labute approximate surface area is 214 Å². The first-order valence-corrected chi connectivity index (χ1v) is 8.58. The van der Waals surface area contributed by atoms with Crippen molar-refractivity contribution >= 4 is 29.5 Å². The number of carboxylic acid groups (broad SMARTS) is 1. The Balaban J connectivity index is 0.00000243. The Morgan fingerprint density at radius 3 is 2.43 bits per heavy atom. The molecule has 7 N–H and O–H groups in total. The number of thioether (sulfide) groups is 1. The van der Waals surface area contributed by atoms with Gasteiger partial charge in [0.15, 0.2) is 0 Å². The monoisotopic (exact) mass is 455 g/mol. The minimum atomic E-state index is -1.15. The second kappa shape index (κ2) is 10.9. The number of nitrogens with one attached hydrogen (secondary N) is 1. The van der Waals surface area contributed by atoms with Crippen LogP contribution < -0.4 is 74.8 Å². The summed E-state index contributed by atoms with van der Waals surface area (Å²) in [5.41, 5.74) is 7.00. The Hall–Kier alpha value is -0.634. The number of nitrogens with zero attached hydrogens (tertiary/aromatic N) is 1. The summed E-state index contributed by atoms with van der Waals surface area (Å²) in [6, 6.07) is 4.09.